The molecule has 200 valence electrons. The van der Waals surface area contributed by atoms with Crippen molar-refractivity contribution in [3.8, 4) is 11.5 Å². The van der Waals surface area contributed by atoms with E-state index in [4.69, 9.17) is 9.47 Å². The molecule has 9 nitrogen and oxygen atoms in total. The van der Waals surface area contributed by atoms with Crippen LogP contribution in [0.5, 0.6) is 11.5 Å². The summed E-state index contributed by atoms with van der Waals surface area (Å²) in [6.07, 6.45) is 3.27. The van der Waals surface area contributed by atoms with Crippen LogP contribution in [0.25, 0.3) is 11.0 Å². The van der Waals surface area contributed by atoms with Crippen LogP contribution in [0.3, 0.4) is 0 Å². The number of amides is 3. The van der Waals surface area contributed by atoms with Gasteiger partial charge in [-0.1, -0.05) is 19.6 Å². The number of fused-ring (bicyclic) bond motifs is 1. The Morgan fingerprint density at radius 2 is 1.81 bits per heavy atom. The van der Waals surface area contributed by atoms with E-state index in [0.29, 0.717) is 22.1 Å². The number of hydrogen-bond donors (Lipinski definition) is 3. The minimum absolute atomic E-state index is 0.0953. The number of ether oxygens (including phenoxy) is 2. The van der Waals surface area contributed by atoms with Gasteiger partial charge >= 0.3 is 6.03 Å². The van der Waals surface area contributed by atoms with Crippen molar-refractivity contribution in [2.24, 2.45) is 0 Å². The Hall–Kier alpha value is -3.03. The number of carbonyl (C=O) groups excluding carboxylic acids is 2. The van der Waals surface area contributed by atoms with Crippen LogP contribution in [-0.4, -0.2) is 49.3 Å². The molecule has 2 heterocycles. The van der Waals surface area contributed by atoms with E-state index in [-0.39, 0.29) is 37.2 Å². The van der Waals surface area contributed by atoms with Gasteiger partial charge in [0.15, 0.2) is 17.4 Å². The van der Waals surface area contributed by atoms with Gasteiger partial charge in [0.25, 0.3) is 0 Å². The summed E-state index contributed by atoms with van der Waals surface area (Å²) in [5.41, 5.74) is 0.439. The van der Waals surface area contributed by atoms with Crippen LogP contribution in [0.4, 0.5) is 19.3 Å². The van der Waals surface area contributed by atoms with Gasteiger partial charge in [-0.05, 0) is 28.0 Å². The summed E-state index contributed by atoms with van der Waals surface area (Å²) in [4.78, 5) is 27.2. The molecule has 3 aromatic rings. The number of carbonyl (C=O) groups is 2. The first-order valence-corrected chi connectivity index (χ1v) is 16.1. The van der Waals surface area contributed by atoms with Crippen LogP contribution in [0.2, 0.25) is 25.7 Å². The second-order valence-electron chi connectivity index (χ2n) is 9.54. The third kappa shape index (κ3) is 8.23. The minimum Gasteiger partial charge on any atom is -0.450 e. The van der Waals surface area contributed by atoms with E-state index in [1.807, 2.05) is 0 Å². The van der Waals surface area contributed by atoms with Crippen molar-refractivity contribution in [2.45, 2.75) is 39.3 Å². The minimum atomic E-state index is -1.22. The van der Waals surface area contributed by atoms with Gasteiger partial charge in [0.2, 0.25) is 5.91 Å². The van der Waals surface area contributed by atoms with E-state index in [2.05, 4.69) is 56.5 Å². The fourth-order valence-corrected chi connectivity index (χ4v) is 4.67. The van der Waals surface area contributed by atoms with Gasteiger partial charge in [0.05, 0.1) is 5.39 Å². The maximum atomic E-state index is 14.8. The molecule has 2 aromatic heterocycles. The zero-order chi connectivity index (χ0) is 27.2. The highest BCUT2D eigenvalue weighted by Gasteiger charge is 2.19. The van der Waals surface area contributed by atoms with Crippen molar-refractivity contribution in [3.63, 3.8) is 0 Å². The zero-order valence-corrected chi connectivity index (χ0v) is 23.7. The van der Waals surface area contributed by atoms with Gasteiger partial charge in [0.1, 0.15) is 18.1 Å². The molecule has 0 bridgehead atoms. The number of aromatic nitrogens is 2. The molecule has 0 aliphatic rings. The molecular weight excluding hydrogens is 568 g/mol. The number of urea groups is 1. The molecule has 1 aromatic carbocycles. The Balaban J connectivity index is 1.71. The Labute approximate surface area is 223 Å². The molecule has 0 radical (unpaired) electrons. The molecule has 0 aliphatic carbocycles. The fourth-order valence-electron chi connectivity index (χ4n) is 3.29. The van der Waals surface area contributed by atoms with E-state index in [1.165, 1.54) is 19.2 Å². The standard InChI is InChI=1S/C24H30BrF2N5O4Si/c1-15(33)28-7-8-30-24(34)31-16-11-18(26)22(19(27)12-16)36-20-5-6-29-23-21(20)17(25)13-32(23)14-35-9-10-37(2,3)4/h5-6,11-13H,7-10,14H2,1-4H3,(H,28,33)(H2,30,31,34). The maximum absolute atomic E-state index is 14.8. The first-order valence-electron chi connectivity index (χ1n) is 11.6. The number of nitrogens with one attached hydrogen (secondary N) is 3. The summed E-state index contributed by atoms with van der Waals surface area (Å²) in [6, 6.07) is 3.77. The molecule has 37 heavy (non-hydrogen) atoms. The summed E-state index contributed by atoms with van der Waals surface area (Å²) in [5, 5.41) is 7.87. The molecule has 3 amide bonds. The van der Waals surface area contributed by atoms with Gasteiger partial charge < -0.3 is 30.0 Å². The topological polar surface area (TPSA) is 107 Å². The van der Waals surface area contributed by atoms with E-state index in [1.54, 1.807) is 10.8 Å². The molecule has 0 aliphatic heterocycles. The SMILES string of the molecule is CC(=O)NCCNC(=O)Nc1cc(F)c(Oc2ccnc3c2c(Br)cn3COCC[Si](C)(C)C)c(F)c1. The monoisotopic (exact) mass is 597 g/mol. The Kier molecular flexibility index (Phi) is 9.62. The number of benzene rings is 1. The number of nitrogens with zero attached hydrogens (tertiary/aromatic N) is 2. The average Bonchev–Trinajstić information content (AvgIpc) is 3.12. The normalized spacial score (nSPS) is 11.4. The number of pyridine rings is 1. The summed E-state index contributed by atoms with van der Waals surface area (Å²) < 4.78 is 43.5. The second-order valence-corrected chi connectivity index (χ2v) is 16.0. The molecule has 13 heteroatoms. The van der Waals surface area contributed by atoms with Crippen molar-refractivity contribution in [3.05, 3.63) is 46.7 Å². The summed E-state index contributed by atoms with van der Waals surface area (Å²) >= 11 is 3.48. The zero-order valence-electron chi connectivity index (χ0n) is 21.1. The third-order valence-corrected chi connectivity index (χ3v) is 7.46. The van der Waals surface area contributed by atoms with Crippen molar-refractivity contribution in [1.82, 2.24) is 20.2 Å². The molecule has 0 saturated carbocycles. The number of anilines is 1. The van der Waals surface area contributed by atoms with Crippen molar-refractivity contribution in [2.75, 3.05) is 25.0 Å². The van der Waals surface area contributed by atoms with Crippen LogP contribution < -0.4 is 20.7 Å². The summed E-state index contributed by atoms with van der Waals surface area (Å²) in [5.74, 6) is -2.64. The Morgan fingerprint density at radius 3 is 2.46 bits per heavy atom. The van der Waals surface area contributed by atoms with Crippen LogP contribution in [0.15, 0.2) is 35.1 Å². The molecule has 0 spiro atoms. The molecular formula is C24H30BrF2N5O4Si. The van der Waals surface area contributed by atoms with Gasteiger partial charge in [-0.2, -0.15) is 0 Å². The van der Waals surface area contributed by atoms with Crippen LogP contribution in [-0.2, 0) is 16.3 Å². The number of hydrogen-bond acceptors (Lipinski definition) is 5. The van der Waals surface area contributed by atoms with Crippen LogP contribution >= 0.6 is 15.9 Å². The lowest BCUT2D eigenvalue weighted by Gasteiger charge is -2.15. The smallest absolute Gasteiger partial charge is 0.319 e. The van der Waals surface area contributed by atoms with E-state index < -0.39 is 31.5 Å². The highest BCUT2D eigenvalue weighted by molar-refractivity contribution is 9.10. The Morgan fingerprint density at radius 1 is 1.14 bits per heavy atom. The lowest BCUT2D eigenvalue weighted by molar-refractivity contribution is -0.118. The predicted molar refractivity (Wildman–Crippen MR) is 144 cm³/mol. The van der Waals surface area contributed by atoms with Crippen LogP contribution in [0, 0.1) is 11.6 Å². The van der Waals surface area contributed by atoms with Gasteiger partial charge in [-0.25, -0.2) is 18.6 Å². The van der Waals surface area contributed by atoms with E-state index in [0.717, 1.165) is 18.2 Å². The first kappa shape index (κ1) is 28.5. The fraction of sp³-hybridized carbons (Fsp3) is 0.375. The number of halogens is 3. The summed E-state index contributed by atoms with van der Waals surface area (Å²) in [7, 11) is -1.22. The highest BCUT2D eigenvalue weighted by atomic mass is 79.9. The third-order valence-electron chi connectivity index (χ3n) is 5.15. The quantitative estimate of drug-likeness (QED) is 0.201. The predicted octanol–water partition coefficient (Wildman–Crippen LogP) is 5.44. The van der Waals surface area contributed by atoms with Gasteiger partial charge in [-0.3, -0.25) is 4.79 Å². The number of rotatable bonds is 11. The molecule has 0 unspecified atom stereocenters. The summed E-state index contributed by atoms with van der Waals surface area (Å²) in [6.45, 7) is 9.45. The van der Waals surface area contributed by atoms with E-state index >= 15 is 0 Å². The maximum Gasteiger partial charge on any atom is 0.319 e. The van der Waals surface area contributed by atoms with Gasteiger partial charge in [-0.15, -0.1) is 0 Å². The first-order chi connectivity index (χ1) is 17.4. The largest absolute Gasteiger partial charge is 0.450 e. The lowest BCUT2D eigenvalue weighted by Crippen LogP contribution is -2.36. The van der Waals surface area contributed by atoms with Crippen molar-refractivity contribution >= 4 is 52.7 Å². The van der Waals surface area contributed by atoms with Crippen molar-refractivity contribution < 1.29 is 27.8 Å². The van der Waals surface area contributed by atoms with E-state index in [9.17, 15) is 18.4 Å². The average molecular weight is 599 g/mol. The molecule has 0 saturated heterocycles. The molecule has 0 fully saturated rings. The lowest BCUT2D eigenvalue weighted by atomic mass is 10.2. The van der Waals surface area contributed by atoms with Gasteiger partial charge in [0, 0.05) is 69.4 Å². The molecule has 3 N–H and O–H groups in total. The molecule has 0 atom stereocenters. The molecule has 3 rings (SSSR count). The highest BCUT2D eigenvalue weighted by Crippen LogP contribution is 2.37. The Bertz CT molecular complexity index is 1260. The van der Waals surface area contributed by atoms with Crippen molar-refractivity contribution in [1.29, 1.82) is 0 Å². The van der Waals surface area contributed by atoms with Crippen LogP contribution in [0.1, 0.15) is 6.92 Å². The second kappa shape index (κ2) is 12.5.